The van der Waals surface area contributed by atoms with Crippen molar-refractivity contribution in [2.75, 3.05) is 23.9 Å². The van der Waals surface area contributed by atoms with E-state index in [0.29, 0.717) is 18.2 Å². The quantitative estimate of drug-likeness (QED) is 0.680. The van der Waals surface area contributed by atoms with Gasteiger partial charge in [-0.3, -0.25) is 4.79 Å². The molecule has 5 rings (SSSR count). The number of carbonyl (C=O) groups is 1. The summed E-state index contributed by atoms with van der Waals surface area (Å²) in [6.07, 6.45) is 6.86. The molecule has 160 valence electrons. The van der Waals surface area contributed by atoms with Crippen LogP contribution in [0.4, 0.5) is 17.5 Å². The highest BCUT2D eigenvalue weighted by Gasteiger charge is 2.38. The van der Waals surface area contributed by atoms with Crippen LogP contribution in [0.3, 0.4) is 0 Å². The van der Waals surface area contributed by atoms with Gasteiger partial charge >= 0.3 is 0 Å². The predicted molar refractivity (Wildman–Crippen MR) is 119 cm³/mol. The number of ketones is 1. The summed E-state index contributed by atoms with van der Waals surface area (Å²) in [7, 11) is 1.65. The maximum atomic E-state index is 12.6. The van der Waals surface area contributed by atoms with Gasteiger partial charge in [0.25, 0.3) is 0 Å². The molecule has 0 bridgehead atoms. The molecule has 31 heavy (non-hydrogen) atoms. The Hall–Kier alpha value is -3.42. The van der Waals surface area contributed by atoms with E-state index in [9.17, 15) is 4.79 Å². The van der Waals surface area contributed by atoms with E-state index >= 15 is 0 Å². The fourth-order valence-electron chi connectivity index (χ4n) is 4.58. The van der Waals surface area contributed by atoms with E-state index in [1.165, 1.54) is 0 Å². The highest BCUT2D eigenvalue weighted by molar-refractivity contribution is 5.93. The average Bonchev–Trinajstić information content (AvgIpc) is 3.43. The van der Waals surface area contributed by atoms with Crippen molar-refractivity contribution in [3.63, 3.8) is 0 Å². The molecule has 8 heteroatoms. The number of imidazole rings is 1. The van der Waals surface area contributed by atoms with Crippen molar-refractivity contribution in [1.82, 2.24) is 19.5 Å². The van der Waals surface area contributed by atoms with Gasteiger partial charge in [-0.2, -0.15) is 4.98 Å². The third kappa shape index (κ3) is 3.41. The fraction of sp³-hybridized carbons (Fsp3) is 0.391. The Kier molecular flexibility index (Phi) is 4.84. The van der Waals surface area contributed by atoms with Gasteiger partial charge in [0.2, 0.25) is 5.95 Å². The van der Waals surface area contributed by atoms with Gasteiger partial charge in [-0.05, 0) is 38.3 Å². The molecule has 1 saturated heterocycles. The zero-order valence-corrected chi connectivity index (χ0v) is 18.1. The van der Waals surface area contributed by atoms with E-state index in [1.54, 1.807) is 13.4 Å². The van der Waals surface area contributed by atoms with Crippen LogP contribution >= 0.6 is 0 Å². The zero-order chi connectivity index (χ0) is 21.5. The van der Waals surface area contributed by atoms with Crippen LogP contribution in [0, 0.1) is 6.92 Å². The lowest BCUT2D eigenvalue weighted by Gasteiger charge is -2.32. The van der Waals surface area contributed by atoms with E-state index in [2.05, 4.69) is 22.1 Å². The van der Waals surface area contributed by atoms with E-state index in [1.807, 2.05) is 35.9 Å². The summed E-state index contributed by atoms with van der Waals surface area (Å²) in [6.45, 7) is 4.89. The first-order valence-electron chi connectivity index (χ1n) is 10.7. The van der Waals surface area contributed by atoms with Gasteiger partial charge in [0.1, 0.15) is 11.6 Å². The summed E-state index contributed by atoms with van der Waals surface area (Å²) in [5.41, 5.74) is 4.61. The van der Waals surface area contributed by atoms with Gasteiger partial charge in [0.15, 0.2) is 5.78 Å². The van der Waals surface area contributed by atoms with Crippen molar-refractivity contribution < 1.29 is 9.53 Å². The van der Waals surface area contributed by atoms with Crippen LogP contribution in [0.15, 0.2) is 30.7 Å². The number of hydrogen-bond donors (Lipinski definition) is 1. The molecule has 2 aliphatic heterocycles. The Bertz CT molecular complexity index is 1150. The number of Topliss-reactive ketones (excluding diaryl/α,β-unsaturated/α-hetero) is 1. The van der Waals surface area contributed by atoms with Crippen molar-refractivity contribution >= 4 is 23.2 Å². The van der Waals surface area contributed by atoms with E-state index in [0.717, 1.165) is 65.7 Å². The van der Waals surface area contributed by atoms with Gasteiger partial charge in [-0.15, -0.1) is 0 Å². The molecule has 3 aromatic rings. The molecule has 4 heterocycles. The second kappa shape index (κ2) is 7.68. The van der Waals surface area contributed by atoms with Crippen molar-refractivity contribution in [2.24, 2.45) is 0 Å². The van der Waals surface area contributed by atoms with E-state index in [-0.39, 0.29) is 6.04 Å². The fourth-order valence-corrected chi connectivity index (χ4v) is 4.58. The Morgan fingerprint density at radius 3 is 2.90 bits per heavy atom. The monoisotopic (exact) mass is 418 g/mol. The largest absolute Gasteiger partial charge is 0.494 e. The zero-order valence-electron chi connectivity index (χ0n) is 18.1. The smallest absolute Gasteiger partial charge is 0.229 e. The van der Waals surface area contributed by atoms with Gasteiger partial charge in [-0.25, -0.2) is 9.97 Å². The third-order valence-corrected chi connectivity index (χ3v) is 6.08. The number of aromatic nitrogens is 4. The number of anilines is 3. The minimum absolute atomic E-state index is 0.0297. The molecule has 0 amide bonds. The van der Waals surface area contributed by atoms with Gasteiger partial charge < -0.3 is 19.5 Å². The van der Waals surface area contributed by atoms with Gasteiger partial charge in [0.05, 0.1) is 36.6 Å². The van der Waals surface area contributed by atoms with Crippen LogP contribution in [0.2, 0.25) is 0 Å². The summed E-state index contributed by atoms with van der Waals surface area (Å²) in [6, 6.07) is 5.86. The topological polar surface area (TPSA) is 85.2 Å². The lowest BCUT2D eigenvalue weighted by atomic mass is 9.96. The summed E-state index contributed by atoms with van der Waals surface area (Å²) in [5.74, 6) is 2.47. The van der Waals surface area contributed by atoms with Crippen LogP contribution < -0.4 is 15.0 Å². The summed E-state index contributed by atoms with van der Waals surface area (Å²) >= 11 is 0. The first kappa shape index (κ1) is 19.5. The lowest BCUT2D eigenvalue weighted by molar-refractivity contribution is -0.119. The minimum Gasteiger partial charge on any atom is -0.494 e. The number of benzene rings is 1. The number of aryl methyl sites for hydroxylation is 2. The number of ether oxygens (including phenoxy) is 1. The summed E-state index contributed by atoms with van der Waals surface area (Å²) < 4.78 is 7.55. The SMILES string of the molecule is CCc1nc(Nc2ccc(-n3cnc(C)c3)c(OC)c2)nc2c1CC(=O)C1CCCN21. The first-order valence-corrected chi connectivity index (χ1v) is 10.7. The molecule has 8 nitrogen and oxygen atoms in total. The molecule has 1 fully saturated rings. The van der Waals surface area contributed by atoms with Gasteiger partial charge in [0, 0.05) is 36.5 Å². The molecule has 0 aliphatic carbocycles. The molecular formula is C23H26N6O2. The number of nitrogens with one attached hydrogen (secondary N) is 1. The van der Waals surface area contributed by atoms with Gasteiger partial charge in [-0.1, -0.05) is 6.92 Å². The Labute approximate surface area is 181 Å². The normalized spacial score (nSPS) is 17.5. The second-order valence-corrected chi connectivity index (χ2v) is 8.08. The van der Waals surface area contributed by atoms with E-state index in [4.69, 9.17) is 14.7 Å². The highest BCUT2D eigenvalue weighted by atomic mass is 16.5. The maximum absolute atomic E-state index is 12.6. The number of rotatable bonds is 5. The molecule has 0 radical (unpaired) electrons. The average molecular weight is 419 g/mol. The number of carbonyl (C=O) groups excluding carboxylic acids is 1. The molecule has 2 aliphatic rings. The molecule has 0 saturated carbocycles. The molecule has 0 spiro atoms. The van der Waals surface area contributed by atoms with Crippen LogP contribution in [0.1, 0.15) is 36.7 Å². The Morgan fingerprint density at radius 1 is 1.29 bits per heavy atom. The highest BCUT2D eigenvalue weighted by Crippen LogP contribution is 2.36. The number of hydrogen-bond acceptors (Lipinski definition) is 7. The van der Waals surface area contributed by atoms with Crippen LogP contribution in [-0.4, -0.2) is 45.0 Å². The maximum Gasteiger partial charge on any atom is 0.229 e. The molecule has 1 aromatic carbocycles. The Morgan fingerprint density at radius 2 is 2.16 bits per heavy atom. The van der Waals surface area contributed by atoms with E-state index < -0.39 is 0 Å². The number of methoxy groups -OCH3 is 1. The van der Waals surface area contributed by atoms with Crippen LogP contribution in [-0.2, 0) is 17.6 Å². The third-order valence-electron chi connectivity index (χ3n) is 6.08. The second-order valence-electron chi connectivity index (χ2n) is 8.08. The van der Waals surface area contributed by atoms with Crippen molar-refractivity contribution in [2.45, 2.75) is 45.6 Å². The minimum atomic E-state index is -0.0297. The van der Waals surface area contributed by atoms with Crippen LogP contribution in [0.5, 0.6) is 5.75 Å². The van der Waals surface area contributed by atoms with Crippen molar-refractivity contribution in [1.29, 1.82) is 0 Å². The lowest BCUT2D eigenvalue weighted by Crippen LogP contribution is -2.42. The molecule has 1 atom stereocenters. The van der Waals surface area contributed by atoms with Crippen molar-refractivity contribution in [3.8, 4) is 11.4 Å². The standard InChI is InChI=1S/C23H26N6O2/c1-4-17-16-11-20(30)18-6-5-9-29(18)22(16)27-23(26-17)25-15-7-8-19(21(10-15)31-3)28-12-14(2)24-13-28/h7-8,10,12-13,18H,4-6,9,11H2,1-3H3,(H,25,26,27). The number of fused-ring (bicyclic) bond motifs is 3. The molecule has 2 aromatic heterocycles. The molecule has 1 unspecified atom stereocenters. The first-order chi connectivity index (χ1) is 15.1. The Balaban J connectivity index is 1.49. The predicted octanol–water partition coefficient (Wildman–Crippen LogP) is 3.38. The summed E-state index contributed by atoms with van der Waals surface area (Å²) in [4.78, 5) is 28.6. The molecular weight excluding hydrogens is 392 g/mol. The molecule has 1 N–H and O–H groups in total. The van der Waals surface area contributed by atoms with Crippen LogP contribution in [0.25, 0.3) is 5.69 Å². The van der Waals surface area contributed by atoms with Crippen molar-refractivity contribution in [3.05, 3.63) is 47.7 Å². The number of nitrogens with zero attached hydrogens (tertiary/aromatic N) is 5. The summed E-state index contributed by atoms with van der Waals surface area (Å²) in [5, 5.41) is 3.34.